The molecule has 0 heterocycles. The molecule has 3 aliphatic rings. The molecular formula is C48H60Zr. The van der Waals surface area contributed by atoms with E-state index in [1.807, 2.05) is 0 Å². The van der Waals surface area contributed by atoms with Gasteiger partial charge >= 0.3 is 301 Å². The fraction of sp³-hybridized carbons (Fsp3) is 0.438. The van der Waals surface area contributed by atoms with Gasteiger partial charge in [0.1, 0.15) is 0 Å². The van der Waals surface area contributed by atoms with Gasteiger partial charge in [-0.2, -0.15) is 0 Å². The summed E-state index contributed by atoms with van der Waals surface area (Å²) in [4.78, 5) is 0. The van der Waals surface area contributed by atoms with E-state index in [-0.39, 0.29) is 16.2 Å². The summed E-state index contributed by atoms with van der Waals surface area (Å²) in [5.74, 6) is 0.375. The van der Waals surface area contributed by atoms with E-state index in [1.54, 1.807) is 17.7 Å². The Labute approximate surface area is 298 Å². The van der Waals surface area contributed by atoms with Crippen molar-refractivity contribution >= 4 is 21.5 Å². The zero-order valence-electron chi connectivity index (χ0n) is 32.5. The Bertz CT molecular complexity index is 2140. The number of aryl methyl sites for hydroxylation is 1. The van der Waals surface area contributed by atoms with E-state index in [0.29, 0.717) is 5.92 Å². The van der Waals surface area contributed by atoms with Gasteiger partial charge in [0.25, 0.3) is 0 Å². The molecule has 256 valence electrons. The molecular weight excluding hydrogens is 668 g/mol. The molecule has 4 aromatic carbocycles. The van der Waals surface area contributed by atoms with Crippen molar-refractivity contribution in [1.82, 2.24) is 0 Å². The van der Waals surface area contributed by atoms with Gasteiger partial charge in [-0.1, -0.05) is 0 Å². The van der Waals surface area contributed by atoms with Crippen LogP contribution in [-0.2, 0) is 35.5 Å². The standard InChI is InChI=1S/C23H29.C13H19.C10H7.CH3.CH2.Zr/c1-14-9-16-11-17-10-15(2)21(23(6,7)8)13-19(17)18(16)12-20(14)22(3,4)5;1-11-6-7-12(10-11)13(2)8-4-3-5-9-13;1-2-6-10-8-4-3-7-9(10)5-1;;;/h9,12-13H,11H2,1-8H3;7,10-11H,3-5,8-9H2,1-2H3;1-3,5-8H;1H3;1H2;. The maximum absolute atomic E-state index is 5.79. The summed E-state index contributed by atoms with van der Waals surface area (Å²) in [6.07, 6.45) is 13.1. The number of fused-ring (bicyclic) bond motifs is 4. The molecule has 0 spiro atoms. The van der Waals surface area contributed by atoms with Gasteiger partial charge in [-0.05, 0) is 0 Å². The SMILES string of the molecule is [CH2]=[Zr]([CH3])([C]1=CC(C2(C)CCCCC2)=CC1C)([c]1ccc2ccccc2c1)[c]1c(C)c(C(C)(C)C)cc2c1Cc1cc(C)c(C(C)(C)C)cc1-2. The molecule has 0 bridgehead atoms. The van der Waals surface area contributed by atoms with Crippen LogP contribution in [0.1, 0.15) is 121 Å². The quantitative estimate of drug-likeness (QED) is 0.173. The molecule has 1 fully saturated rings. The maximum atomic E-state index is 5.79. The predicted octanol–water partition coefficient (Wildman–Crippen LogP) is 12.2. The molecule has 0 aliphatic heterocycles. The first-order valence-corrected chi connectivity index (χ1v) is 27.0. The molecule has 3 aliphatic carbocycles. The Morgan fingerprint density at radius 2 is 1.41 bits per heavy atom. The summed E-state index contributed by atoms with van der Waals surface area (Å²) in [6.45, 7) is 24.2. The zero-order chi connectivity index (χ0) is 35.3. The van der Waals surface area contributed by atoms with E-state index >= 15 is 0 Å². The Morgan fingerprint density at radius 3 is 2.06 bits per heavy atom. The Morgan fingerprint density at radius 1 is 0.776 bits per heavy atom. The van der Waals surface area contributed by atoms with Gasteiger partial charge in [0, 0.05) is 0 Å². The van der Waals surface area contributed by atoms with Crippen molar-refractivity contribution in [1.29, 1.82) is 0 Å². The Hall–Kier alpha value is -2.63. The van der Waals surface area contributed by atoms with Crippen LogP contribution in [0, 0.1) is 25.2 Å². The normalized spacial score (nSPS) is 19.5. The monoisotopic (exact) mass is 726 g/mol. The summed E-state index contributed by atoms with van der Waals surface area (Å²) in [6, 6.07) is 24.0. The van der Waals surface area contributed by atoms with Crippen LogP contribution < -0.4 is 6.54 Å². The summed E-state index contributed by atoms with van der Waals surface area (Å²) >= 11 is -4.62. The van der Waals surface area contributed by atoms with Crippen molar-refractivity contribution in [3.63, 3.8) is 0 Å². The second-order valence-corrected chi connectivity index (χ2v) is 33.1. The van der Waals surface area contributed by atoms with Crippen LogP contribution in [0.15, 0.2) is 81.7 Å². The first-order chi connectivity index (χ1) is 22.8. The van der Waals surface area contributed by atoms with Crippen LogP contribution in [0.3, 0.4) is 0 Å². The molecule has 1 atom stereocenters. The van der Waals surface area contributed by atoms with E-state index in [4.69, 9.17) is 4.21 Å². The number of allylic oxidation sites excluding steroid dienone is 4. The van der Waals surface area contributed by atoms with E-state index in [0.717, 1.165) is 6.42 Å². The second kappa shape index (κ2) is 11.4. The number of hydrogen-bond donors (Lipinski definition) is 0. The molecule has 4 aromatic rings. The second-order valence-electron chi connectivity index (χ2n) is 19.2. The third-order valence-corrected chi connectivity index (χ3v) is 28.2. The van der Waals surface area contributed by atoms with Crippen LogP contribution in [0.5, 0.6) is 0 Å². The van der Waals surface area contributed by atoms with Crippen LogP contribution >= 0.6 is 0 Å². The first kappa shape index (κ1) is 34.8. The Kier molecular flexibility index (Phi) is 8.13. The third kappa shape index (κ3) is 5.43. The minimum absolute atomic E-state index is 0.00922. The molecule has 49 heavy (non-hydrogen) atoms. The summed E-state index contributed by atoms with van der Waals surface area (Å²) in [5.41, 5.74) is 13.8. The molecule has 0 nitrogen and oxygen atoms in total. The fourth-order valence-electron chi connectivity index (χ4n) is 10.7. The van der Waals surface area contributed by atoms with Crippen molar-refractivity contribution in [3.05, 3.63) is 115 Å². The number of hydrogen-bond acceptors (Lipinski definition) is 0. The van der Waals surface area contributed by atoms with Crippen LogP contribution in [0.2, 0.25) is 4.63 Å². The first-order valence-electron chi connectivity index (χ1n) is 19.1. The van der Waals surface area contributed by atoms with Gasteiger partial charge in [0.15, 0.2) is 0 Å². The molecule has 0 saturated heterocycles. The Balaban J connectivity index is 1.59. The summed E-state index contributed by atoms with van der Waals surface area (Å²) in [7, 11) is 0. The van der Waals surface area contributed by atoms with Crippen molar-refractivity contribution in [2.75, 3.05) is 0 Å². The van der Waals surface area contributed by atoms with Gasteiger partial charge in [0.2, 0.25) is 0 Å². The van der Waals surface area contributed by atoms with E-state index in [9.17, 15) is 0 Å². The van der Waals surface area contributed by atoms with Gasteiger partial charge in [0.05, 0.1) is 0 Å². The third-order valence-electron chi connectivity index (χ3n) is 13.3. The topological polar surface area (TPSA) is 0 Å². The number of rotatable bonds is 4. The van der Waals surface area contributed by atoms with Gasteiger partial charge in [-0.3, -0.25) is 0 Å². The molecule has 1 unspecified atom stereocenters. The van der Waals surface area contributed by atoms with Crippen molar-refractivity contribution < 1.29 is 18.3 Å². The molecule has 0 N–H and O–H groups in total. The molecule has 1 saturated carbocycles. The van der Waals surface area contributed by atoms with Gasteiger partial charge < -0.3 is 0 Å². The molecule has 7 rings (SSSR count). The predicted molar refractivity (Wildman–Crippen MR) is 214 cm³/mol. The average molecular weight is 728 g/mol. The fourth-order valence-corrected chi connectivity index (χ4v) is 25.6. The molecule has 1 heteroatoms. The van der Waals surface area contributed by atoms with E-state index in [2.05, 4.69) is 147 Å². The van der Waals surface area contributed by atoms with Crippen molar-refractivity contribution in [3.8, 4) is 11.1 Å². The van der Waals surface area contributed by atoms with Crippen LogP contribution in [-0.4, -0.2) is 4.21 Å². The zero-order valence-corrected chi connectivity index (χ0v) is 34.9. The van der Waals surface area contributed by atoms with E-state index < -0.39 is 18.3 Å². The average Bonchev–Trinajstić information content (AvgIpc) is 3.60. The number of benzene rings is 4. The van der Waals surface area contributed by atoms with Gasteiger partial charge in [-0.25, -0.2) is 0 Å². The molecule has 0 aromatic heterocycles. The summed E-state index contributed by atoms with van der Waals surface area (Å²) < 4.78 is 13.3. The van der Waals surface area contributed by atoms with Gasteiger partial charge in [-0.15, -0.1) is 0 Å². The minimum atomic E-state index is -4.62. The molecule has 0 amide bonds. The van der Waals surface area contributed by atoms with Crippen molar-refractivity contribution in [2.24, 2.45) is 11.3 Å². The summed E-state index contributed by atoms with van der Waals surface area (Å²) in [5, 5.41) is 2.65. The molecule has 0 radical (unpaired) electrons. The van der Waals surface area contributed by atoms with Crippen molar-refractivity contribution in [2.45, 2.75) is 123 Å². The van der Waals surface area contributed by atoms with E-state index in [1.165, 1.54) is 85.1 Å². The van der Waals surface area contributed by atoms with Crippen LogP contribution in [0.4, 0.5) is 0 Å². The van der Waals surface area contributed by atoms with Crippen LogP contribution in [0.25, 0.3) is 21.9 Å².